The van der Waals surface area contributed by atoms with E-state index in [9.17, 15) is 0 Å². The lowest BCUT2D eigenvalue weighted by atomic mass is 9.97. The van der Waals surface area contributed by atoms with E-state index < -0.39 is 0 Å². The molecule has 1 heteroatoms. The zero-order valence-corrected chi connectivity index (χ0v) is 12.2. The zero-order chi connectivity index (χ0) is 13.5. The van der Waals surface area contributed by atoms with Crippen molar-refractivity contribution in [2.45, 2.75) is 33.1 Å². The van der Waals surface area contributed by atoms with Gasteiger partial charge in [0.1, 0.15) is 0 Å². The van der Waals surface area contributed by atoms with Gasteiger partial charge in [-0.2, -0.15) is 0 Å². The Morgan fingerprint density at radius 2 is 2.00 bits per heavy atom. The molecule has 0 radical (unpaired) electrons. The van der Waals surface area contributed by atoms with Crippen molar-refractivity contribution in [2.24, 2.45) is 0 Å². The number of allylic oxidation sites excluding steroid dienone is 1. The van der Waals surface area contributed by atoms with E-state index in [2.05, 4.69) is 61.2 Å². The molecule has 1 aromatic carbocycles. The summed E-state index contributed by atoms with van der Waals surface area (Å²) in [5.41, 5.74) is 4.64. The van der Waals surface area contributed by atoms with Crippen molar-refractivity contribution in [3.05, 3.63) is 59.2 Å². The molecule has 1 nitrogen and oxygen atoms in total. The van der Waals surface area contributed by atoms with Crippen molar-refractivity contribution < 1.29 is 0 Å². The average molecular weight is 255 g/mol. The SMILES string of the molecule is C/C=C\C1=C(CC)CCN(CCc2ccccc2)C1. The molecule has 1 aliphatic heterocycles. The third-order valence-electron chi connectivity index (χ3n) is 3.93. The predicted molar refractivity (Wildman–Crippen MR) is 83.3 cm³/mol. The number of hydrogen-bond acceptors (Lipinski definition) is 1. The second-order valence-electron chi connectivity index (χ2n) is 5.24. The van der Waals surface area contributed by atoms with E-state index in [0.717, 1.165) is 13.0 Å². The van der Waals surface area contributed by atoms with E-state index in [-0.39, 0.29) is 0 Å². The smallest absolute Gasteiger partial charge is 0.0233 e. The van der Waals surface area contributed by atoms with Crippen LogP contribution in [-0.2, 0) is 6.42 Å². The van der Waals surface area contributed by atoms with Gasteiger partial charge in [0.05, 0.1) is 0 Å². The van der Waals surface area contributed by atoms with Crippen LogP contribution in [0.15, 0.2) is 53.6 Å². The zero-order valence-electron chi connectivity index (χ0n) is 12.2. The van der Waals surface area contributed by atoms with Crippen LogP contribution in [0.3, 0.4) is 0 Å². The Morgan fingerprint density at radius 1 is 1.21 bits per heavy atom. The molecule has 0 amide bonds. The molecule has 0 saturated heterocycles. The lowest BCUT2D eigenvalue weighted by Crippen LogP contribution is -2.33. The highest BCUT2D eigenvalue weighted by Gasteiger charge is 2.15. The van der Waals surface area contributed by atoms with Crippen LogP contribution < -0.4 is 0 Å². The summed E-state index contributed by atoms with van der Waals surface area (Å²) in [6, 6.07) is 10.8. The van der Waals surface area contributed by atoms with Gasteiger partial charge in [0.15, 0.2) is 0 Å². The summed E-state index contributed by atoms with van der Waals surface area (Å²) in [6.45, 7) is 7.90. The van der Waals surface area contributed by atoms with E-state index in [4.69, 9.17) is 0 Å². The molecule has 0 unspecified atom stereocenters. The van der Waals surface area contributed by atoms with Gasteiger partial charge in [0.25, 0.3) is 0 Å². The molecule has 0 bridgehead atoms. The molecule has 19 heavy (non-hydrogen) atoms. The second-order valence-corrected chi connectivity index (χ2v) is 5.24. The van der Waals surface area contributed by atoms with E-state index in [0.29, 0.717) is 0 Å². The maximum atomic E-state index is 2.58. The van der Waals surface area contributed by atoms with Gasteiger partial charge < -0.3 is 0 Å². The summed E-state index contributed by atoms with van der Waals surface area (Å²) in [6.07, 6.45) is 8.07. The van der Waals surface area contributed by atoms with Gasteiger partial charge in [-0.3, -0.25) is 4.90 Å². The van der Waals surface area contributed by atoms with Crippen LogP contribution in [0, 0.1) is 0 Å². The Balaban J connectivity index is 1.92. The van der Waals surface area contributed by atoms with E-state index >= 15 is 0 Å². The minimum absolute atomic E-state index is 1.13. The van der Waals surface area contributed by atoms with Gasteiger partial charge in [0, 0.05) is 19.6 Å². The molecule has 1 aromatic rings. The lowest BCUT2D eigenvalue weighted by Gasteiger charge is -2.29. The average Bonchev–Trinajstić information content (AvgIpc) is 2.47. The van der Waals surface area contributed by atoms with Gasteiger partial charge in [-0.15, -0.1) is 0 Å². The van der Waals surface area contributed by atoms with Crippen molar-refractivity contribution >= 4 is 0 Å². The predicted octanol–water partition coefficient (Wildman–Crippen LogP) is 4.22. The van der Waals surface area contributed by atoms with Crippen molar-refractivity contribution in [1.29, 1.82) is 0 Å². The minimum Gasteiger partial charge on any atom is -0.298 e. The highest BCUT2D eigenvalue weighted by Crippen LogP contribution is 2.21. The van der Waals surface area contributed by atoms with Crippen LogP contribution >= 0.6 is 0 Å². The van der Waals surface area contributed by atoms with Crippen LogP contribution in [-0.4, -0.2) is 24.5 Å². The monoisotopic (exact) mass is 255 g/mol. The fourth-order valence-electron chi connectivity index (χ4n) is 2.78. The Labute approximate surface area is 117 Å². The Kier molecular flexibility index (Phi) is 5.41. The van der Waals surface area contributed by atoms with Gasteiger partial charge in [0.2, 0.25) is 0 Å². The first-order chi connectivity index (χ1) is 9.33. The number of nitrogens with zero attached hydrogens (tertiary/aromatic N) is 1. The maximum Gasteiger partial charge on any atom is 0.0233 e. The standard InChI is InChI=1S/C18H25N/c1-3-8-18-15-19(14-12-17(18)4-2)13-11-16-9-6-5-7-10-16/h3,5-10H,4,11-15H2,1-2H3/b8-3-. The lowest BCUT2D eigenvalue weighted by molar-refractivity contribution is 0.290. The normalized spacial score (nSPS) is 17.4. The fraction of sp³-hybridized carbons (Fsp3) is 0.444. The van der Waals surface area contributed by atoms with Gasteiger partial charge >= 0.3 is 0 Å². The molecule has 102 valence electrons. The van der Waals surface area contributed by atoms with E-state index in [1.165, 1.54) is 31.5 Å². The van der Waals surface area contributed by atoms with Crippen LogP contribution in [0.1, 0.15) is 32.3 Å². The molecular weight excluding hydrogens is 230 g/mol. The summed E-state index contributed by atoms with van der Waals surface area (Å²) >= 11 is 0. The van der Waals surface area contributed by atoms with Crippen LogP contribution in [0.4, 0.5) is 0 Å². The largest absolute Gasteiger partial charge is 0.298 e. The van der Waals surface area contributed by atoms with E-state index in [1.54, 1.807) is 11.1 Å². The van der Waals surface area contributed by atoms with Gasteiger partial charge in [-0.1, -0.05) is 55.0 Å². The van der Waals surface area contributed by atoms with Crippen molar-refractivity contribution in [3.8, 4) is 0 Å². The maximum absolute atomic E-state index is 2.58. The molecule has 0 N–H and O–H groups in total. The molecular formula is C18H25N. The van der Waals surface area contributed by atoms with Crippen molar-refractivity contribution in [1.82, 2.24) is 4.90 Å². The van der Waals surface area contributed by atoms with E-state index in [1.807, 2.05) is 0 Å². The summed E-state index contributed by atoms with van der Waals surface area (Å²) in [5, 5.41) is 0. The summed E-state index contributed by atoms with van der Waals surface area (Å²) in [5.74, 6) is 0. The first-order valence-electron chi connectivity index (χ1n) is 7.43. The number of rotatable bonds is 5. The molecule has 1 heterocycles. The molecule has 2 rings (SSSR count). The third-order valence-corrected chi connectivity index (χ3v) is 3.93. The number of hydrogen-bond donors (Lipinski definition) is 0. The first-order valence-corrected chi connectivity index (χ1v) is 7.43. The second kappa shape index (κ2) is 7.30. The summed E-state index contributed by atoms with van der Waals surface area (Å²) in [4.78, 5) is 2.58. The van der Waals surface area contributed by atoms with Crippen LogP contribution in [0.2, 0.25) is 0 Å². The Hall–Kier alpha value is -1.34. The molecule has 1 aliphatic rings. The highest BCUT2D eigenvalue weighted by atomic mass is 15.1. The number of benzene rings is 1. The van der Waals surface area contributed by atoms with Crippen LogP contribution in [0.5, 0.6) is 0 Å². The molecule has 0 saturated carbocycles. The molecule has 0 atom stereocenters. The third kappa shape index (κ3) is 4.07. The van der Waals surface area contributed by atoms with Crippen molar-refractivity contribution in [2.75, 3.05) is 19.6 Å². The summed E-state index contributed by atoms with van der Waals surface area (Å²) < 4.78 is 0. The summed E-state index contributed by atoms with van der Waals surface area (Å²) in [7, 11) is 0. The molecule has 0 aromatic heterocycles. The van der Waals surface area contributed by atoms with Gasteiger partial charge in [-0.25, -0.2) is 0 Å². The minimum atomic E-state index is 1.13. The Bertz CT molecular complexity index is 442. The topological polar surface area (TPSA) is 3.24 Å². The van der Waals surface area contributed by atoms with Crippen LogP contribution in [0.25, 0.3) is 0 Å². The highest BCUT2D eigenvalue weighted by molar-refractivity contribution is 5.29. The Morgan fingerprint density at radius 3 is 2.68 bits per heavy atom. The molecule has 0 fully saturated rings. The van der Waals surface area contributed by atoms with Crippen molar-refractivity contribution in [3.63, 3.8) is 0 Å². The molecule has 0 aliphatic carbocycles. The fourth-order valence-corrected chi connectivity index (χ4v) is 2.78. The molecule has 0 spiro atoms. The quantitative estimate of drug-likeness (QED) is 0.761. The first kappa shape index (κ1) is 14.1. The van der Waals surface area contributed by atoms with Gasteiger partial charge in [-0.05, 0) is 37.3 Å².